The number of benzene rings is 1. The molecule has 0 spiro atoms. The van der Waals surface area contributed by atoms with E-state index in [0.29, 0.717) is 32.0 Å². The predicted molar refractivity (Wildman–Crippen MR) is 132 cm³/mol. The van der Waals surface area contributed by atoms with Crippen molar-refractivity contribution in [3.63, 3.8) is 0 Å². The first-order chi connectivity index (χ1) is 15.8. The molecule has 1 saturated heterocycles. The van der Waals surface area contributed by atoms with E-state index in [-0.39, 0.29) is 12.0 Å². The van der Waals surface area contributed by atoms with Gasteiger partial charge in [-0.15, -0.1) is 11.3 Å². The van der Waals surface area contributed by atoms with Crippen LogP contribution in [0, 0.1) is 0 Å². The van der Waals surface area contributed by atoms with E-state index in [0.717, 1.165) is 20.9 Å². The fourth-order valence-corrected chi connectivity index (χ4v) is 4.27. The number of ether oxygens (including phenoxy) is 1. The molecule has 4 rings (SSSR count). The Morgan fingerprint density at radius 3 is 2.52 bits per heavy atom. The van der Waals surface area contributed by atoms with E-state index in [9.17, 15) is 9.59 Å². The minimum Gasteiger partial charge on any atom is -0.444 e. The van der Waals surface area contributed by atoms with Crippen LogP contribution in [0.15, 0.2) is 48.7 Å². The number of aromatic nitrogens is 2. The molecule has 0 atom stereocenters. The smallest absolute Gasteiger partial charge is 0.410 e. The number of pyridine rings is 1. The molecule has 1 fully saturated rings. The van der Waals surface area contributed by atoms with Gasteiger partial charge in [0, 0.05) is 32.3 Å². The van der Waals surface area contributed by atoms with E-state index >= 15 is 0 Å². The first-order valence-electron chi connectivity index (χ1n) is 10.8. The first-order valence-corrected chi connectivity index (χ1v) is 11.6. The number of carbonyl (C=O) groups excluding carboxylic acids is 2. The summed E-state index contributed by atoms with van der Waals surface area (Å²) in [6.45, 7) is 8.15. The SMILES string of the molecule is CC(C)(C)OC(=O)N1CCN(c2ccc(NC(=O)/C=C/c3nc4ccccc4s3)nc2)CC1. The number of hydrogen-bond donors (Lipinski definition) is 1. The Morgan fingerprint density at radius 2 is 1.85 bits per heavy atom. The maximum absolute atomic E-state index is 12.3. The molecule has 1 aromatic carbocycles. The average Bonchev–Trinajstić information content (AvgIpc) is 3.20. The van der Waals surface area contributed by atoms with Crippen molar-refractivity contribution >= 4 is 51.1 Å². The van der Waals surface area contributed by atoms with Gasteiger partial charge in [0.05, 0.1) is 22.1 Å². The Kier molecular flexibility index (Phi) is 6.60. The fraction of sp³-hybridized carbons (Fsp3) is 0.333. The third kappa shape index (κ3) is 6.07. The van der Waals surface area contributed by atoms with Crippen molar-refractivity contribution in [3.8, 4) is 0 Å². The zero-order chi connectivity index (χ0) is 23.4. The quantitative estimate of drug-likeness (QED) is 0.575. The summed E-state index contributed by atoms with van der Waals surface area (Å²) in [4.78, 5) is 37.2. The van der Waals surface area contributed by atoms with Crippen LogP contribution in [0.1, 0.15) is 25.8 Å². The Balaban J connectivity index is 1.28. The number of nitrogens with zero attached hydrogens (tertiary/aromatic N) is 4. The molecule has 33 heavy (non-hydrogen) atoms. The monoisotopic (exact) mass is 465 g/mol. The van der Waals surface area contributed by atoms with Crippen molar-refractivity contribution in [1.29, 1.82) is 0 Å². The van der Waals surface area contributed by atoms with Gasteiger partial charge in [-0.3, -0.25) is 4.79 Å². The van der Waals surface area contributed by atoms with Crippen LogP contribution >= 0.6 is 11.3 Å². The number of hydrogen-bond acceptors (Lipinski definition) is 7. The lowest BCUT2D eigenvalue weighted by Gasteiger charge is -2.36. The Bertz CT molecular complexity index is 1130. The second kappa shape index (κ2) is 9.58. The molecule has 8 nitrogen and oxygen atoms in total. The van der Waals surface area contributed by atoms with E-state index in [1.165, 1.54) is 17.4 Å². The van der Waals surface area contributed by atoms with Gasteiger partial charge < -0.3 is 19.9 Å². The van der Waals surface area contributed by atoms with E-state index in [2.05, 4.69) is 20.2 Å². The lowest BCUT2D eigenvalue weighted by molar-refractivity contribution is -0.111. The largest absolute Gasteiger partial charge is 0.444 e. The molecule has 0 saturated carbocycles. The normalized spacial score (nSPS) is 14.6. The van der Waals surface area contributed by atoms with Crippen molar-refractivity contribution in [3.05, 3.63) is 53.7 Å². The van der Waals surface area contributed by atoms with E-state index in [1.54, 1.807) is 23.2 Å². The van der Waals surface area contributed by atoms with Crippen LogP contribution in [0.2, 0.25) is 0 Å². The van der Waals surface area contributed by atoms with Crippen LogP contribution in [0.3, 0.4) is 0 Å². The fourth-order valence-electron chi connectivity index (χ4n) is 3.40. The van der Waals surface area contributed by atoms with Gasteiger partial charge in [-0.25, -0.2) is 14.8 Å². The molecule has 0 bridgehead atoms. The molecular weight excluding hydrogens is 438 g/mol. The summed E-state index contributed by atoms with van der Waals surface area (Å²) < 4.78 is 6.53. The summed E-state index contributed by atoms with van der Waals surface area (Å²) >= 11 is 1.54. The highest BCUT2D eigenvalue weighted by atomic mass is 32.1. The lowest BCUT2D eigenvalue weighted by atomic mass is 10.2. The summed E-state index contributed by atoms with van der Waals surface area (Å²) in [5, 5.41) is 3.55. The molecule has 9 heteroatoms. The van der Waals surface area contributed by atoms with E-state index < -0.39 is 5.60 Å². The van der Waals surface area contributed by atoms with E-state index in [1.807, 2.05) is 51.1 Å². The van der Waals surface area contributed by atoms with Crippen molar-refractivity contribution in [2.24, 2.45) is 0 Å². The first kappa shape index (κ1) is 22.7. The topological polar surface area (TPSA) is 87.7 Å². The lowest BCUT2D eigenvalue weighted by Crippen LogP contribution is -2.50. The van der Waals surface area contributed by atoms with Gasteiger partial charge in [-0.1, -0.05) is 12.1 Å². The highest BCUT2D eigenvalue weighted by Crippen LogP contribution is 2.22. The molecule has 1 aliphatic heterocycles. The Hall–Kier alpha value is -3.46. The van der Waals surface area contributed by atoms with E-state index in [4.69, 9.17) is 4.74 Å². The Labute approximate surface area is 196 Å². The van der Waals surface area contributed by atoms with Gasteiger partial charge in [-0.2, -0.15) is 0 Å². The number of nitrogens with one attached hydrogen (secondary N) is 1. The second-order valence-electron chi connectivity index (χ2n) is 8.70. The number of amides is 2. The maximum Gasteiger partial charge on any atom is 0.410 e. The minimum absolute atomic E-state index is 0.263. The molecule has 1 aliphatic rings. The highest BCUT2D eigenvalue weighted by Gasteiger charge is 2.26. The maximum atomic E-state index is 12.3. The molecular formula is C24H27N5O3S. The van der Waals surface area contributed by atoms with Crippen LogP contribution in [-0.4, -0.2) is 58.6 Å². The highest BCUT2D eigenvalue weighted by molar-refractivity contribution is 7.19. The molecule has 1 N–H and O–H groups in total. The number of para-hydroxylation sites is 1. The van der Waals surface area contributed by atoms with Gasteiger partial charge >= 0.3 is 6.09 Å². The zero-order valence-electron chi connectivity index (χ0n) is 18.9. The standard InChI is InChI=1S/C24H27N5O3S/c1-24(2,3)32-23(31)29-14-12-28(13-15-29)17-8-9-20(25-16-17)27-21(30)10-11-22-26-18-6-4-5-7-19(18)33-22/h4-11,16H,12-15H2,1-3H3,(H,25,27,30)/b11-10+. The summed E-state index contributed by atoms with van der Waals surface area (Å²) in [6.07, 6.45) is 4.62. The van der Waals surface area contributed by atoms with Gasteiger partial charge in [0.25, 0.3) is 0 Å². The van der Waals surface area contributed by atoms with Gasteiger partial charge in [0.1, 0.15) is 16.4 Å². The van der Waals surface area contributed by atoms with Crippen molar-refractivity contribution in [1.82, 2.24) is 14.9 Å². The molecule has 3 heterocycles. The summed E-state index contributed by atoms with van der Waals surface area (Å²) in [5.41, 5.74) is 1.37. The molecule has 2 aromatic heterocycles. The molecule has 2 amide bonds. The minimum atomic E-state index is -0.498. The number of thiazole rings is 1. The molecule has 172 valence electrons. The number of fused-ring (bicyclic) bond motifs is 1. The predicted octanol–water partition coefficient (Wildman–Crippen LogP) is 4.40. The molecule has 3 aromatic rings. The summed E-state index contributed by atoms with van der Waals surface area (Å²) in [5.74, 6) is 0.213. The number of piperazine rings is 1. The van der Waals surface area contributed by atoms with Crippen LogP contribution in [0.4, 0.5) is 16.3 Å². The van der Waals surface area contributed by atoms with Crippen LogP contribution in [0.5, 0.6) is 0 Å². The second-order valence-corrected chi connectivity index (χ2v) is 9.76. The van der Waals surface area contributed by atoms with Gasteiger partial charge in [-0.05, 0) is 51.1 Å². The van der Waals surface area contributed by atoms with Gasteiger partial charge in [0.15, 0.2) is 0 Å². The Morgan fingerprint density at radius 1 is 1.09 bits per heavy atom. The number of rotatable bonds is 4. The van der Waals surface area contributed by atoms with Crippen LogP contribution in [-0.2, 0) is 9.53 Å². The van der Waals surface area contributed by atoms with Crippen molar-refractivity contribution in [2.45, 2.75) is 26.4 Å². The average molecular weight is 466 g/mol. The molecule has 0 aliphatic carbocycles. The molecule has 0 radical (unpaired) electrons. The summed E-state index contributed by atoms with van der Waals surface area (Å²) in [6, 6.07) is 11.6. The van der Waals surface area contributed by atoms with Gasteiger partial charge in [0.2, 0.25) is 5.91 Å². The number of carbonyl (C=O) groups is 2. The third-order valence-corrected chi connectivity index (χ3v) is 5.99. The van der Waals surface area contributed by atoms with Crippen molar-refractivity contribution in [2.75, 3.05) is 36.4 Å². The van der Waals surface area contributed by atoms with Crippen LogP contribution < -0.4 is 10.2 Å². The number of anilines is 2. The van der Waals surface area contributed by atoms with Crippen molar-refractivity contribution < 1.29 is 14.3 Å². The zero-order valence-corrected chi connectivity index (χ0v) is 19.8. The molecule has 0 unspecified atom stereocenters. The van der Waals surface area contributed by atoms with Crippen LogP contribution in [0.25, 0.3) is 16.3 Å². The summed E-state index contributed by atoms with van der Waals surface area (Å²) in [7, 11) is 0. The third-order valence-electron chi connectivity index (χ3n) is 4.98.